The number of hydrogen-bond donors (Lipinski definition) is 0. The Morgan fingerprint density at radius 3 is 2.50 bits per heavy atom. The van der Waals surface area contributed by atoms with Gasteiger partial charge < -0.3 is 4.74 Å². The van der Waals surface area contributed by atoms with Crippen molar-refractivity contribution in [2.75, 3.05) is 0 Å². The monoisotopic (exact) mass is 360 g/mol. The molecule has 26 heavy (non-hydrogen) atoms. The molecular weight excluding hydrogens is 339 g/mol. The smallest absolute Gasteiger partial charge is 0.332 e. The molecule has 0 aliphatic rings. The van der Waals surface area contributed by atoms with Crippen LogP contribution in [0.3, 0.4) is 0 Å². The van der Waals surface area contributed by atoms with E-state index in [9.17, 15) is 14.0 Å². The summed E-state index contributed by atoms with van der Waals surface area (Å²) < 4.78 is 23.6. The van der Waals surface area contributed by atoms with Crippen molar-refractivity contribution >= 4 is 11.2 Å². The molecule has 0 saturated heterocycles. The second-order valence-corrected chi connectivity index (χ2v) is 6.64. The first-order valence-corrected chi connectivity index (χ1v) is 8.40. The minimum atomic E-state index is -0.531. The topological polar surface area (TPSA) is 71.1 Å². The van der Waals surface area contributed by atoms with Crippen molar-refractivity contribution in [3.63, 3.8) is 0 Å². The molecule has 0 saturated carbocycles. The third-order valence-corrected chi connectivity index (χ3v) is 4.28. The standard InChI is InChI=1S/C18H21FN4O3/c1-11(2)9-10-23-14-15(21(3)18(25)22(4)16(14)24)20-17(23)26-13-8-6-5-7-12(13)19/h5-8,11H,9-10H2,1-4H3. The second-order valence-electron chi connectivity index (χ2n) is 6.64. The number of aromatic nitrogens is 4. The molecule has 0 N–H and O–H groups in total. The number of imidazole rings is 1. The molecule has 0 fully saturated rings. The van der Waals surface area contributed by atoms with E-state index in [1.54, 1.807) is 16.7 Å². The first kappa shape index (κ1) is 17.9. The van der Waals surface area contributed by atoms with E-state index >= 15 is 0 Å². The number of fused-ring (bicyclic) bond motifs is 1. The maximum atomic E-state index is 14.0. The molecule has 2 aromatic heterocycles. The van der Waals surface area contributed by atoms with Gasteiger partial charge in [0.15, 0.2) is 22.7 Å². The van der Waals surface area contributed by atoms with Gasteiger partial charge in [-0.3, -0.25) is 18.5 Å². The van der Waals surface area contributed by atoms with Crippen molar-refractivity contribution in [2.45, 2.75) is 26.8 Å². The molecule has 1 aromatic carbocycles. The van der Waals surface area contributed by atoms with Crippen LogP contribution in [-0.4, -0.2) is 18.7 Å². The van der Waals surface area contributed by atoms with Crippen molar-refractivity contribution in [1.82, 2.24) is 18.7 Å². The van der Waals surface area contributed by atoms with Crippen molar-refractivity contribution in [2.24, 2.45) is 20.0 Å². The number of ether oxygens (including phenoxy) is 1. The quantitative estimate of drug-likeness (QED) is 0.701. The second kappa shape index (κ2) is 6.78. The number of hydrogen-bond acceptors (Lipinski definition) is 4. The van der Waals surface area contributed by atoms with Crippen LogP contribution in [0.1, 0.15) is 20.3 Å². The van der Waals surface area contributed by atoms with Gasteiger partial charge in [-0.25, -0.2) is 9.18 Å². The predicted octanol–water partition coefficient (Wildman–Crippen LogP) is 2.41. The lowest BCUT2D eigenvalue weighted by molar-refractivity contribution is 0.381. The highest BCUT2D eigenvalue weighted by Crippen LogP contribution is 2.26. The lowest BCUT2D eigenvalue weighted by atomic mass is 10.1. The molecule has 0 radical (unpaired) electrons. The highest BCUT2D eigenvalue weighted by atomic mass is 19.1. The summed E-state index contributed by atoms with van der Waals surface area (Å²) >= 11 is 0. The molecule has 0 bridgehead atoms. The Labute approximate surface area is 149 Å². The van der Waals surface area contributed by atoms with Gasteiger partial charge in [0.05, 0.1) is 0 Å². The summed E-state index contributed by atoms with van der Waals surface area (Å²) in [5, 5.41) is 0. The Morgan fingerprint density at radius 1 is 1.15 bits per heavy atom. The van der Waals surface area contributed by atoms with Gasteiger partial charge in [0, 0.05) is 20.6 Å². The molecule has 0 aliphatic heterocycles. The zero-order valence-corrected chi connectivity index (χ0v) is 15.2. The van der Waals surface area contributed by atoms with Gasteiger partial charge in [-0.05, 0) is 24.5 Å². The molecular formula is C18H21FN4O3. The zero-order valence-electron chi connectivity index (χ0n) is 15.2. The highest BCUT2D eigenvalue weighted by Gasteiger charge is 2.21. The Hall–Kier alpha value is -2.90. The summed E-state index contributed by atoms with van der Waals surface area (Å²) in [5.74, 6) is -0.141. The zero-order chi connectivity index (χ0) is 19.0. The molecule has 0 unspecified atom stereocenters. The largest absolute Gasteiger partial charge is 0.422 e. The van der Waals surface area contributed by atoms with Crippen LogP contribution in [0.4, 0.5) is 4.39 Å². The minimum absolute atomic E-state index is 0.00965. The van der Waals surface area contributed by atoms with E-state index in [4.69, 9.17) is 4.74 Å². The Kier molecular flexibility index (Phi) is 4.67. The Bertz CT molecular complexity index is 1080. The predicted molar refractivity (Wildman–Crippen MR) is 96.1 cm³/mol. The van der Waals surface area contributed by atoms with Crippen molar-refractivity contribution in [1.29, 1.82) is 0 Å². The fourth-order valence-electron chi connectivity index (χ4n) is 2.73. The average Bonchev–Trinajstić information content (AvgIpc) is 2.96. The maximum absolute atomic E-state index is 14.0. The summed E-state index contributed by atoms with van der Waals surface area (Å²) in [6.45, 7) is 4.58. The lowest BCUT2D eigenvalue weighted by Crippen LogP contribution is -2.37. The maximum Gasteiger partial charge on any atom is 0.332 e. The van der Waals surface area contributed by atoms with Gasteiger partial charge >= 0.3 is 11.7 Å². The first-order valence-electron chi connectivity index (χ1n) is 8.40. The van der Waals surface area contributed by atoms with Crippen LogP contribution in [0.2, 0.25) is 0 Å². The lowest BCUT2D eigenvalue weighted by Gasteiger charge is -2.11. The normalized spacial score (nSPS) is 11.5. The van der Waals surface area contributed by atoms with E-state index in [0.29, 0.717) is 12.5 Å². The third kappa shape index (κ3) is 3.02. The Morgan fingerprint density at radius 2 is 1.85 bits per heavy atom. The summed E-state index contributed by atoms with van der Waals surface area (Å²) in [6, 6.07) is 6.06. The van der Waals surface area contributed by atoms with E-state index < -0.39 is 17.1 Å². The molecule has 0 amide bonds. The first-order chi connectivity index (χ1) is 12.3. The van der Waals surface area contributed by atoms with Gasteiger partial charge in [0.2, 0.25) is 0 Å². The fraction of sp³-hybridized carbons (Fsp3) is 0.389. The highest BCUT2D eigenvalue weighted by molar-refractivity contribution is 5.72. The summed E-state index contributed by atoms with van der Waals surface area (Å²) in [6.07, 6.45) is 0.769. The molecule has 0 atom stereocenters. The van der Waals surface area contributed by atoms with Gasteiger partial charge in [-0.2, -0.15) is 4.98 Å². The number of para-hydroxylation sites is 1. The van der Waals surface area contributed by atoms with E-state index in [2.05, 4.69) is 18.8 Å². The number of halogens is 1. The van der Waals surface area contributed by atoms with E-state index in [0.717, 1.165) is 11.0 Å². The Balaban J connectivity index is 2.24. The average molecular weight is 360 g/mol. The molecule has 3 rings (SSSR count). The van der Waals surface area contributed by atoms with Gasteiger partial charge in [0.25, 0.3) is 5.56 Å². The number of benzene rings is 1. The molecule has 138 valence electrons. The molecule has 8 heteroatoms. The van der Waals surface area contributed by atoms with Crippen molar-refractivity contribution < 1.29 is 9.13 Å². The van der Waals surface area contributed by atoms with E-state index in [-0.39, 0.29) is 22.9 Å². The van der Waals surface area contributed by atoms with Crippen LogP contribution >= 0.6 is 0 Å². The SMILES string of the molecule is CC(C)CCn1c(Oc2ccccc2F)nc2c1c(=O)n(C)c(=O)n2C. The molecule has 2 heterocycles. The minimum Gasteiger partial charge on any atom is -0.422 e. The van der Waals surface area contributed by atoms with Crippen LogP contribution in [0.15, 0.2) is 33.9 Å². The summed E-state index contributed by atoms with van der Waals surface area (Å²) in [4.78, 5) is 29.1. The van der Waals surface area contributed by atoms with Crippen LogP contribution in [0.5, 0.6) is 11.8 Å². The number of nitrogens with zero attached hydrogens (tertiary/aromatic N) is 4. The van der Waals surface area contributed by atoms with Gasteiger partial charge in [-0.15, -0.1) is 0 Å². The molecule has 3 aromatic rings. The number of rotatable bonds is 5. The van der Waals surface area contributed by atoms with Crippen LogP contribution in [0.25, 0.3) is 11.2 Å². The summed E-state index contributed by atoms with van der Waals surface area (Å²) in [5.41, 5.74) is -0.453. The van der Waals surface area contributed by atoms with Crippen LogP contribution in [0, 0.1) is 11.7 Å². The van der Waals surface area contributed by atoms with Crippen LogP contribution < -0.4 is 16.0 Å². The van der Waals surface area contributed by atoms with Crippen molar-refractivity contribution in [3.8, 4) is 11.8 Å². The third-order valence-electron chi connectivity index (χ3n) is 4.28. The van der Waals surface area contributed by atoms with Gasteiger partial charge in [0.1, 0.15) is 0 Å². The van der Waals surface area contributed by atoms with Gasteiger partial charge in [-0.1, -0.05) is 26.0 Å². The summed E-state index contributed by atoms with van der Waals surface area (Å²) in [7, 11) is 2.96. The molecule has 0 spiro atoms. The number of aryl methyl sites for hydroxylation is 2. The van der Waals surface area contributed by atoms with Crippen LogP contribution in [-0.2, 0) is 20.6 Å². The molecule has 7 nitrogen and oxygen atoms in total. The van der Waals surface area contributed by atoms with E-state index in [1.807, 2.05) is 0 Å². The van der Waals surface area contributed by atoms with E-state index in [1.165, 1.54) is 30.8 Å². The fourth-order valence-corrected chi connectivity index (χ4v) is 2.73. The van der Waals surface area contributed by atoms with Crippen molar-refractivity contribution in [3.05, 3.63) is 50.9 Å². The molecule has 0 aliphatic carbocycles.